The van der Waals surface area contributed by atoms with Crippen LogP contribution in [0.4, 0.5) is 5.69 Å². The maximum Gasteiger partial charge on any atom is 0.270 e. The van der Waals surface area contributed by atoms with Gasteiger partial charge in [-0.2, -0.15) is 0 Å². The van der Waals surface area contributed by atoms with Gasteiger partial charge >= 0.3 is 0 Å². The molecule has 6 nitrogen and oxygen atoms in total. The summed E-state index contributed by atoms with van der Waals surface area (Å²) in [6, 6.07) is 3.91. The number of rotatable bonds is 3. The number of nitrogens with zero attached hydrogens (tertiary/aromatic N) is 1. The Morgan fingerprint density at radius 3 is 2.75 bits per heavy atom. The van der Waals surface area contributed by atoms with Gasteiger partial charge in [0.1, 0.15) is 0 Å². The van der Waals surface area contributed by atoms with Crippen molar-refractivity contribution in [1.82, 2.24) is 5.32 Å². The fourth-order valence-corrected chi connectivity index (χ4v) is 2.91. The number of hydrogen-bond donors (Lipinski definition) is 2. The van der Waals surface area contributed by atoms with Crippen molar-refractivity contribution >= 4 is 34.2 Å². The topological polar surface area (TPSA) is 92.5 Å². The molecule has 2 atom stereocenters. The Morgan fingerprint density at radius 2 is 2.10 bits per heavy atom. The summed E-state index contributed by atoms with van der Waals surface area (Å²) in [5.74, 6) is -0.371. The lowest BCUT2D eigenvalue weighted by molar-refractivity contribution is -0.384. The van der Waals surface area contributed by atoms with E-state index >= 15 is 0 Å². The van der Waals surface area contributed by atoms with Crippen molar-refractivity contribution in [2.45, 2.75) is 37.8 Å². The highest BCUT2D eigenvalue weighted by Gasteiger charge is 2.26. The lowest BCUT2D eigenvalue weighted by Gasteiger charge is -2.28. The first-order chi connectivity index (χ1) is 9.49. The molecule has 2 rings (SSSR count). The highest BCUT2D eigenvalue weighted by molar-refractivity contribution is 14.1. The minimum atomic E-state index is -0.538. The summed E-state index contributed by atoms with van der Waals surface area (Å²) >= 11 is 1.97. The summed E-state index contributed by atoms with van der Waals surface area (Å²) < 4.78 is 0.649. The van der Waals surface area contributed by atoms with E-state index in [0.717, 1.165) is 19.3 Å². The van der Waals surface area contributed by atoms with Crippen LogP contribution < -0.4 is 5.32 Å². The lowest BCUT2D eigenvalue weighted by Crippen LogP contribution is -2.45. The van der Waals surface area contributed by atoms with Crippen molar-refractivity contribution in [1.29, 1.82) is 0 Å². The van der Waals surface area contributed by atoms with E-state index in [1.165, 1.54) is 12.1 Å². The summed E-state index contributed by atoms with van der Waals surface area (Å²) in [4.78, 5) is 22.4. The third kappa shape index (κ3) is 3.45. The summed E-state index contributed by atoms with van der Waals surface area (Å²) in [5, 5.41) is 23.4. The van der Waals surface area contributed by atoms with Gasteiger partial charge in [0, 0.05) is 15.7 Å². The molecule has 0 radical (unpaired) electrons. The largest absolute Gasteiger partial charge is 0.391 e. The van der Waals surface area contributed by atoms with E-state index in [4.69, 9.17) is 0 Å². The first-order valence-corrected chi connectivity index (χ1v) is 7.50. The van der Waals surface area contributed by atoms with Crippen molar-refractivity contribution in [2.75, 3.05) is 0 Å². The van der Waals surface area contributed by atoms with Crippen LogP contribution in [0, 0.1) is 13.7 Å². The molecular formula is C13H15IN2O4. The van der Waals surface area contributed by atoms with Crippen LogP contribution in [0.2, 0.25) is 0 Å². The molecule has 1 aromatic carbocycles. The number of amides is 1. The number of non-ortho nitro benzene ring substituents is 1. The van der Waals surface area contributed by atoms with Crippen molar-refractivity contribution in [2.24, 2.45) is 0 Å². The number of halogens is 1. The number of carbonyl (C=O) groups is 1. The zero-order valence-electron chi connectivity index (χ0n) is 10.7. The van der Waals surface area contributed by atoms with E-state index in [1.54, 1.807) is 6.07 Å². The van der Waals surface area contributed by atoms with Crippen LogP contribution >= 0.6 is 22.6 Å². The van der Waals surface area contributed by atoms with Crippen LogP contribution in [-0.4, -0.2) is 28.1 Å². The van der Waals surface area contributed by atoms with E-state index in [0.29, 0.717) is 9.99 Å². The first kappa shape index (κ1) is 15.2. The number of benzene rings is 1. The summed E-state index contributed by atoms with van der Waals surface area (Å²) in [6.45, 7) is 0. The van der Waals surface area contributed by atoms with Crippen molar-refractivity contribution in [3.8, 4) is 0 Å². The molecule has 1 amide bonds. The van der Waals surface area contributed by atoms with Crippen LogP contribution in [0.3, 0.4) is 0 Å². The Labute approximate surface area is 129 Å². The summed E-state index contributed by atoms with van der Waals surface area (Å²) in [6.07, 6.45) is 2.80. The molecule has 2 unspecified atom stereocenters. The molecule has 2 N–H and O–H groups in total. The summed E-state index contributed by atoms with van der Waals surface area (Å²) in [5.41, 5.74) is 0.164. The van der Waals surface area contributed by atoms with E-state index < -0.39 is 11.0 Å². The quantitative estimate of drug-likeness (QED) is 0.471. The molecule has 1 aliphatic carbocycles. The molecule has 20 heavy (non-hydrogen) atoms. The number of aliphatic hydroxyl groups excluding tert-OH is 1. The Bertz CT molecular complexity index is 535. The van der Waals surface area contributed by atoms with Crippen LogP contribution in [-0.2, 0) is 0 Å². The van der Waals surface area contributed by atoms with Crippen molar-refractivity contribution < 1.29 is 14.8 Å². The molecule has 0 saturated heterocycles. The molecule has 0 bridgehead atoms. The predicted octanol–water partition coefficient (Wildman–Crippen LogP) is 2.23. The van der Waals surface area contributed by atoms with Gasteiger partial charge in [0.25, 0.3) is 11.6 Å². The van der Waals surface area contributed by atoms with Gasteiger partial charge in [-0.15, -0.1) is 0 Å². The SMILES string of the molecule is O=C(NC1CCCCC1O)c1cc([N+](=O)[O-])ccc1I. The van der Waals surface area contributed by atoms with E-state index in [1.807, 2.05) is 22.6 Å². The standard InChI is InChI=1S/C13H15IN2O4/c14-10-6-5-8(16(19)20)7-9(10)13(18)15-11-3-1-2-4-12(11)17/h5-7,11-12,17H,1-4H2,(H,15,18). The van der Waals surface area contributed by atoms with Gasteiger partial charge in [0.05, 0.1) is 22.6 Å². The second kappa shape index (κ2) is 6.49. The lowest BCUT2D eigenvalue weighted by atomic mass is 9.92. The van der Waals surface area contributed by atoms with Gasteiger partial charge in [-0.1, -0.05) is 12.8 Å². The molecule has 108 valence electrons. The Morgan fingerprint density at radius 1 is 1.40 bits per heavy atom. The van der Waals surface area contributed by atoms with Crippen molar-refractivity contribution in [3.05, 3.63) is 37.4 Å². The van der Waals surface area contributed by atoms with Crippen LogP contribution in [0.15, 0.2) is 18.2 Å². The fourth-order valence-electron chi connectivity index (χ4n) is 2.33. The van der Waals surface area contributed by atoms with Gasteiger partial charge in [0.15, 0.2) is 0 Å². The van der Waals surface area contributed by atoms with Crippen LogP contribution in [0.5, 0.6) is 0 Å². The Balaban J connectivity index is 2.16. The second-order valence-electron chi connectivity index (χ2n) is 4.85. The molecular weight excluding hydrogens is 375 g/mol. The van der Waals surface area contributed by atoms with Gasteiger partial charge in [0.2, 0.25) is 0 Å². The first-order valence-electron chi connectivity index (χ1n) is 6.42. The number of nitro benzene ring substituents is 1. The number of hydrogen-bond acceptors (Lipinski definition) is 4. The smallest absolute Gasteiger partial charge is 0.270 e. The molecule has 1 saturated carbocycles. The normalized spacial score (nSPS) is 22.3. The zero-order chi connectivity index (χ0) is 14.7. The van der Waals surface area contributed by atoms with Gasteiger partial charge in [-0.05, 0) is 41.5 Å². The van der Waals surface area contributed by atoms with E-state index in [9.17, 15) is 20.0 Å². The molecule has 0 aliphatic heterocycles. The van der Waals surface area contributed by atoms with Crippen LogP contribution in [0.1, 0.15) is 36.0 Å². The molecule has 1 aliphatic rings. The molecule has 1 aromatic rings. The number of nitrogens with one attached hydrogen (secondary N) is 1. The predicted molar refractivity (Wildman–Crippen MR) is 81.5 cm³/mol. The average molecular weight is 390 g/mol. The maximum atomic E-state index is 12.2. The molecule has 1 fully saturated rings. The summed E-state index contributed by atoms with van der Waals surface area (Å²) in [7, 11) is 0. The van der Waals surface area contributed by atoms with Crippen LogP contribution in [0.25, 0.3) is 0 Å². The molecule has 0 heterocycles. The fraction of sp³-hybridized carbons (Fsp3) is 0.462. The van der Waals surface area contributed by atoms with E-state index in [2.05, 4.69) is 5.32 Å². The minimum absolute atomic E-state index is 0.111. The second-order valence-corrected chi connectivity index (χ2v) is 6.02. The average Bonchev–Trinajstić information content (AvgIpc) is 2.41. The number of carbonyl (C=O) groups excluding carboxylic acids is 1. The Kier molecular flexibility index (Phi) is 4.92. The van der Waals surface area contributed by atoms with Gasteiger partial charge in [-0.25, -0.2) is 0 Å². The van der Waals surface area contributed by atoms with E-state index in [-0.39, 0.29) is 23.2 Å². The zero-order valence-corrected chi connectivity index (χ0v) is 12.9. The number of aliphatic hydroxyl groups is 1. The molecule has 0 aromatic heterocycles. The minimum Gasteiger partial charge on any atom is -0.391 e. The third-order valence-electron chi connectivity index (χ3n) is 3.45. The van der Waals surface area contributed by atoms with Gasteiger partial charge in [-0.3, -0.25) is 14.9 Å². The third-order valence-corrected chi connectivity index (χ3v) is 4.39. The maximum absolute atomic E-state index is 12.2. The number of nitro groups is 1. The highest BCUT2D eigenvalue weighted by Crippen LogP contribution is 2.22. The van der Waals surface area contributed by atoms with Crippen molar-refractivity contribution in [3.63, 3.8) is 0 Å². The molecule has 7 heteroatoms. The highest BCUT2D eigenvalue weighted by atomic mass is 127. The Hall–Kier alpha value is -1.22. The van der Waals surface area contributed by atoms with Gasteiger partial charge < -0.3 is 10.4 Å². The molecule has 0 spiro atoms. The monoisotopic (exact) mass is 390 g/mol.